The molecule has 0 saturated carbocycles. The minimum Gasteiger partial charge on any atom is -0.368 e. The molecule has 10 heteroatoms. The summed E-state index contributed by atoms with van der Waals surface area (Å²) in [5, 5.41) is 6.71. The van der Waals surface area contributed by atoms with E-state index >= 15 is 0 Å². The van der Waals surface area contributed by atoms with Crippen LogP contribution in [-0.2, 0) is 9.59 Å². The van der Waals surface area contributed by atoms with E-state index in [9.17, 15) is 9.59 Å². The lowest BCUT2D eigenvalue weighted by atomic mass is 10.2. The highest BCUT2D eigenvalue weighted by molar-refractivity contribution is 14.0. The van der Waals surface area contributed by atoms with Crippen LogP contribution in [0, 0.1) is 0 Å². The number of piperazine rings is 1. The van der Waals surface area contributed by atoms with Gasteiger partial charge < -0.3 is 25.3 Å². The van der Waals surface area contributed by atoms with E-state index in [4.69, 9.17) is 11.6 Å². The number of rotatable bonds is 6. The first kappa shape index (κ1) is 25.3. The van der Waals surface area contributed by atoms with Crippen molar-refractivity contribution in [2.75, 3.05) is 64.8 Å². The molecule has 0 aliphatic carbocycles. The molecule has 2 amide bonds. The summed E-state index contributed by atoms with van der Waals surface area (Å²) in [4.78, 5) is 34.1. The number of nitrogens with zero attached hydrogens (tertiary/aromatic N) is 4. The predicted octanol–water partition coefficient (Wildman–Crippen LogP) is 1.25. The SMILES string of the molecule is CCNC(=NCC(=O)N1CCN(c2ccc(Cl)cc2)CC1)NCC(=O)N(C)C.I. The van der Waals surface area contributed by atoms with E-state index < -0.39 is 0 Å². The van der Waals surface area contributed by atoms with Crippen LogP contribution in [-0.4, -0.2) is 87.5 Å². The minimum absolute atomic E-state index is 0. The number of anilines is 1. The molecule has 162 valence electrons. The Balaban J connectivity index is 0.00000420. The second-order valence-electron chi connectivity index (χ2n) is 6.68. The van der Waals surface area contributed by atoms with Gasteiger partial charge in [-0.05, 0) is 31.2 Å². The zero-order chi connectivity index (χ0) is 20.5. The van der Waals surface area contributed by atoms with Gasteiger partial charge in [0, 0.05) is 57.5 Å². The summed E-state index contributed by atoms with van der Waals surface area (Å²) in [5.41, 5.74) is 1.11. The molecule has 0 spiro atoms. The van der Waals surface area contributed by atoms with Crippen LogP contribution >= 0.6 is 35.6 Å². The average molecular weight is 537 g/mol. The first-order chi connectivity index (χ1) is 13.4. The lowest BCUT2D eigenvalue weighted by molar-refractivity contribution is -0.130. The van der Waals surface area contributed by atoms with E-state index in [1.807, 2.05) is 36.1 Å². The molecular weight excluding hydrogens is 507 g/mol. The number of carbonyl (C=O) groups is 2. The van der Waals surface area contributed by atoms with E-state index in [2.05, 4.69) is 20.5 Å². The summed E-state index contributed by atoms with van der Waals surface area (Å²) >= 11 is 5.94. The molecule has 1 fully saturated rings. The molecule has 2 N–H and O–H groups in total. The van der Waals surface area contributed by atoms with Crippen LogP contribution in [0.25, 0.3) is 0 Å². The number of likely N-dealkylation sites (N-methyl/N-ethyl adjacent to an activating group) is 1. The second-order valence-corrected chi connectivity index (χ2v) is 7.12. The average Bonchev–Trinajstić information content (AvgIpc) is 2.70. The minimum atomic E-state index is -0.0600. The quantitative estimate of drug-likeness (QED) is 0.325. The van der Waals surface area contributed by atoms with E-state index in [0.717, 1.165) is 18.8 Å². The van der Waals surface area contributed by atoms with Gasteiger partial charge in [-0.2, -0.15) is 0 Å². The van der Waals surface area contributed by atoms with Crippen molar-refractivity contribution in [3.05, 3.63) is 29.3 Å². The number of benzene rings is 1. The van der Waals surface area contributed by atoms with Crippen LogP contribution in [0.3, 0.4) is 0 Å². The maximum Gasteiger partial charge on any atom is 0.244 e. The third kappa shape index (κ3) is 8.25. The smallest absolute Gasteiger partial charge is 0.244 e. The van der Waals surface area contributed by atoms with E-state index in [1.54, 1.807) is 14.1 Å². The Bertz CT molecular complexity index is 690. The van der Waals surface area contributed by atoms with Gasteiger partial charge in [0.15, 0.2) is 5.96 Å². The van der Waals surface area contributed by atoms with Gasteiger partial charge in [-0.15, -0.1) is 24.0 Å². The third-order valence-electron chi connectivity index (χ3n) is 4.45. The molecule has 8 nitrogen and oxygen atoms in total. The van der Waals surface area contributed by atoms with Gasteiger partial charge in [0.25, 0.3) is 0 Å². The molecule has 1 aromatic carbocycles. The van der Waals surface area contributed by atoms with Gasteiger partial charge in [0.2, 0.25) is 11.8 Å². The van der Waals surface area contributed by atoms with Gasteiger partial charge in [0.05, 0.1) is 6.54 Å². The molecule has 0 unspecified atom stereocenters. The summed E-state index contributed by atoms with van der Waals surface area (Å²) in [6.07, 6.45) is 0. The number of guanidine groups is 1. The number of hydrogen-bond acceptors (Lipinski definition) is 4. The van der Waals surface area contributed by atoms with Gasteiger partial charge in [-0.3, -0.25) is 9.59 Å². The topological polar surface area (TPSA) is 80.3 Å². The van der Waals surface area contributed by atoms with Crippen molar-refractivity contribution in [1.82, 2.24) is 20.4 Å². The number of halogens is 2. The standard InChI is InChI=1S/C19H29ClN6O2.HI/c1-4-21-19(22-13-17(27)24(2)3)23-14-18(28)26-11-9-25(10-12-26)16-7-5-15(20)6-8-16;/h5-8H,4,9-14H2,1-3H3,(H2,21,22,23);1H. The van der Waals surface area contributed by atoms with Crippen molar-refractivity contribution in [2.24, 2.45) is 4.99 Å². The van der Waals surface area contributed by atoms with Crippen LogP contribution in [0.1, 0.15) is 6.92 Å². The van der Waals surface area contributed by atoms with Crippen molar-refractivity contribution < 1.29 is 9.59 Å². The maximum absolute atomic E-state index is 12.5. The molecule has 1 heterocycles. The number of nitrogens with one attached hydrogen (secondary N) is 2. The zero-order valence-corrected chi connectivity index (χ0v) is 20.2. The maximum atomic E-state index is 12.5. The summed E-state index contributed by atoms with van der Waals surface area (Å²) in [6.45, 7) is 5.61. The van der Waals surface area contributed by atoms with Crippen LogP contribution in [0.5, 0.6) is 0 Å². The molecule has 0 bridgehead atoms. The fourth-order valence-corrected chi connectivity index (χ4v) is 2.90. The molecule has 0 aromatic heterocycles. The summed E-state index contributed by atoms with van der Waals surface area (Å²) in [6, 6.07) is 7.74. The molecule has 1 aromatic rings. The Morgan fingerprint density at radius 1 is 1.10 bits per heavy atom. The lowest BCUT2D eigenvalue weighted by Crippen LogP contribution is -2.50. The highest BCUT2D eigenvalue weighted by Crippen LogP contribution is 2.19. The summed E-state index contributed by atoms with van der Waals surface area (Å²) in [5.74, 6) is 0.382. The van der Waals surface area contributed by atoms with Gasteiger partial charge in [-0.25, -0.2) is 4.99 Å². The Morgan fingerprint density at radius 3 is 2.28 bits per heavy atom. The Morgan fingerprint density at radius 2 is 1.72 bits per heavy atom. The molecule has 2 rings (SSSR count). The van der Waals surface area contributed by atoms with Crippen molar-refractivity contribution in [3.63, 3.8) is 0 Å². The summed E-state index contributed by atoms with van der Waals surface area (Å²) in [7, 11) is 3.39. The zero-order valence-electron chi connectivity index (χ0n) is 17.2. The van der Waals surface area contributed by atoms with Crippen LogP contribution in [0.4, 0.5) is 5.69 Å². The number of aliphatic imine (C=N–C) groups is 1. The number of hydrogen-bond donors (Lipinski definition) is 2. The predicted molar refractivity (Wildman–Crippen MR) is 128 cm³/mol. The first-order valence-corrected chi connectivity index (χ1v) is 9.79. The highest BCUT2D eigenvalue weighted by atomic mass is 127. The van der Waals surface area contributed by atoms with Gasteiger partial charge >= 0.3 is 0 Å². The van der Waals surface area contributed by atoms with Crippen molar-refractivity contribution in [2.45, 2.75) is 6.92 Å². The molecule has 0 radical (unpaired) electrons. The Labute approximate surface area is 194 Å². The normalized spacial score (nSPS) is 14.1. The van der Waals surface area contributed by atoms with Crippen LogP contribution in [0.15, 0.2) is 29.3 Å². The van der Waals surface area contributed by atoms with Gasteiger partial charge in [-0.1, -0.05) is 11.6 Å². The van der Waals surface area contributed by atoms with E-state index in [1.165, 1.54) is 4.90 Å². The monoisotopic (exact) mass is 536 g/mol. The Kier molecular flexibility index (Phi) is 11.1. The van der Waals surface area contributed by atoms with Crippen molar-refractivity contribution in [1.29, 1.82) is 0 Å². The fourth-order valence-electron chi connectivity index (χ4n) is 2.77. The fraction of sp³-hybridized carbons (Fsp3) is 0.526. The van der Waals surface area contributed by atoms with E-state index in [-0.39, 0.29) is 48.9 Å². The number of amides is 2. The van der Waals surface area contributed by atoms with Gasteiger partial charge in [0.1, 0.15) is 6.54 Å². The molecule has 0 atom stereocenters. The molecule has 1 saturated heterocycles. The molecule has 1 aliphatic rings. The van der Waals surface area contributed by atoms with E-state index in [0.29, 0.717) is 30.6 Å². The Hall–Kier alpha value is -1.75. The molecule has 1 aliphatic heterocycles. The van der Waals surface area contributed by atoms with Crippen LogP contribution < -0.4 is 15.5 Å². The largest absolute Gasteiger partial charge is 0.368 e. The third-order valence-corrected chi connectivity index (χ3v) is 4.70. The second kappa shape index (κ2) is 12.7. The first-order valence-electron chi connectivity index (χ1n) is 9.41. The lowest BCUT2D eigenvalue weighted by Gasteiger charge is -2.36. The van der Waals surface area contributed by atoms with Crippen molar-refractivity contribution >= 4 is 59.0 Å². The molecule has 29 heavy (non-hydrogen) atoms. The molecular formula is C19H30ClIN6O2. The van der Waals surface area contributed by atoms with Crippen LogP contribution in [0.2, 0.25) is 5.02 Å². The number of carbonyl (C=O) groups excluding carboxylic acids is 2. The summed E-state index contributed by atoms with van der Waals surface area (Å²) < 4.78 is 0. The van der Waals surface area contributed by atoms with Crippen molar-refractivity contribution in [3.8, 4) is 0 Å². The highest BCUT2D eigenvalue weighted by Gasteiger charge is 2.21.